The summed E-state index contributed by atoms with van der Waals surface area (Å²) in [6.45, 7) is 5.72. The molecule has 4 nitrogen and oxygen atoms in total. The molecule has 0 amide bonds. The van der Waals surface area contributed by atoms with Gasteiger partial charge in [0.05, 0.1) is 0 Å². The largest absolute Gasteiger partial charge is 0.441 e. The lowest BCUT2D eigenvalue weighted by molar-refractivity contribution is 0.561. The summed E-state index contributed by atoms with van der Waals surface area (Å²) in [7, 11) is 0. The predicted molar refractivity (Wildman–Crippen MR) is 70.1 cm³/mol. The zero-order chi connectivity index (χ0) is 12.3. The normalized spacial score (nSPS) is 12.9. The van der Waals surface area contributed by atoms with E-state index < -0.39 is 0 Å². The average molecular weight is 233 g/mol. The minimum atomic E-state index is 0.578. The van der Waals surface area contributed by atoms with Gasteiger partial charge in [0, 0.05) is 19.2 Å². The summed E-state index contributed by atoms with van der Waals surface area (Å²) >= 11 is 0. The SMILES string of the molecule is Cc1nc2cc(NCC(C)CCN)ccc2o1. The van der Waals surface area contributed by atoms with Crippen LogP contribution in [0.15, 0.2) is 22.6 Å². The van der Waals surface area contributed by atoms with Crippen LogP contribution in [0.25, 0.3) is 11.1 Å². The molecule has 2 aromatic rings. The second-order valence-electron chi connectivity index (χ2n) is 4.48. The van der Waals surface area contributed by atoms with Gasteiger partial charge in [-0.05, 0) is 37.1 Å². The highest BCUT2D eigenvalue weighted by molar-refractivity contribution is 5.77. The first-order valence-electron chi connectivity index (χ1n) is 6.00. The summed E-state index contributed by atoms with van der Waals surface area (Å²) in [5.74, 6) is 1.28. The number of nitrogens with zero attached hydrogens (tertiary/aromatic N) is 1. The van der Waals surface area contributed by atoms with E-state index in [0.717, 1.165) is 36.3 Å². The molecule has 0 aliphatic rings. The summed E-state index contributed by atoms with van der Waals surface area (Å²) in [5.41, 5.74) is 8.34. The van der Waals surface area contributed by atoms with Crippen LogP contribution in [0.1, 0.15) is 19.2 Å². The minimum Gasteiger partial charge on any atom is -0.441 e. The molecule has 0 aliphatic carbocycles. The van der Waals surface area contributed by atoms with E-state index in [1.165, 1.54) is 0 Å². The van der Waals surface area contributed by atoms with Crippen molar-refractivity contribution in [2.45, 2.75) is 20.3 Å². The Kier molecular flexibility index (Phi) is 3.64. The third-order valence-electron chi connectivity index (χ3n) is 2.81. The van der Waals surface area contributed by atoms with E-state index in [1.54, 1.807) is 0 Å². The van der Waals surface area contributed by atoms with Crippen molar-refractivity contribution in [2.24, 2.45) is 11.7 Å². The Labute approximate surface area is 101 Å². The third-order valence-corrected chi connectivity index (χ3v) is 2.81. The maximum Gasteiger partial charge on any atom is 0.192 e. The number of anilines is 1. The van der Waals surface area contributed by atoms with Crippen LogP contribution in [-0.2, 0) is 0 Å². The van der Waals surface area contributed by atoms with E-state index in [1.807, 2.05) is 25.1 Å². The first-order chi connectivity index (χ1) is 8.19. The first-order valence-corrected chi connectivity index (χ1v) is 6.00. The number of aromatic nitrogens is 1. The first kappa shape index (κ1) is 11.9. The summed E-state index contributed by atoms with van der Waals surface area (Å²) in [6.07, 6.45) is 1.04. The third kappa shape index (κ3) is 2.97. The molecule has 0 radical (unpaired) electrons. The van der Waals surface area contributed by atoms with Crippen LogP contribution in [-0.4, -0.2) is 18.1 Å². The fourth-order valence-corrected chi connectivity index (χ4v) is 1.83. The van der Waals surface area contributed by atoms with Crippen molar-refractivity contribution in [3.63, 3.8) is 0 Å². The number of hydrogen-bond donors (Lipinski definition) is 2. The summed E-state index contributed by atoms with van der Waals surface area (Å²) in [5, 5.41) is 3.39. The van der Waals surface area contributed by atoms with Crippen molar-refractivity contribution < 1.29 is 4.42 Å². The van der Waals surface area contributed by atoms with Gasteiger partial charge in [-0.25, -0.2) is 4.98 Å². The van der Waals surface area contributed by atoms with Gasteiger partial charge >= 0.3 is 0 Å². The van der Waals surface area contributed by atoms with Crippen molar-refractivity contribution in [2.75, 3.05) is 18.4 Å². The molecule has 0 spiro atoms. The van der Waals surface area contributed by atoms with Gasteiger partial charge in [-0.1, -0.05) is 6.92 Å². The summed E-state index contributed by atoms with van der Waals surface area (Å²) in [6, 6.07) is 5.98. The van der Waals surface area contributed by atoms with Crippen molar-refractivity contribution >= 4 is 16.8 Å². The number of aryl methyl sites for hydroxylation is 1. The van der Waals surface area contributed by atoms with Crippen LogP contribution < -0.4 is 11.1 Å². The highest BCUT2D eigenvalue weighted by atomic mass is 16.3. The fourth-order valence-electron chi connectivity index (χ4n) is 1.83. The summed E-state index contributed by atoms with van der Waals surface area (Å²) in [4.78, 5) is 4.31. The Hall–Kier alpha value is -1.55. The topological polar surface area (TPSA) is 64.1 Å². The molecule has 1 aromatic carbocycles. The van der Waals surface area contributed by atoms with Gasteiger partial charge in [0.2, 0.25) is 0 Å². The Morgan fingerprint density at radius 3 is 3.06 bits per heavy atom. The minimum absolute atomic E-state index is 0.578. The molecule has 0 saturated carbocycles. The van der Waals surface area contributed by atoms with Crippen molar-refractivity contribution in [1.82, 2.24) is 4.98 Å². The number of oxazole rings is 1. The molecule has 1 aromatic heterocycles. The van der Waals surface area contributed by atoms with Crippen LogP contribution in [0.3, 0.4) is 0 Å². The Morgan fingerprint density at radius 1 is 1.47 bits per heavy atom. The second-order valence-corrected chi connectivity index (χ2v) is 4.48. The predicted octanol–water partition coefficient (Wildman–Crippen LogP) is 2.53. The molecule has 0 bridgehead atoms. The highest BCUT2D eigenvalue weighted by Gasteiger charge is 2.04. The van der Waals surface area contributed by atoms with Crippen LogP contribution in [0.2, 0.25) is 0 Å². The van der Waals surface area contributed by atoms with Gasteiger partial charge in [-0.2, -0.15) is 0 Å². The number of hydrogen-bond acceptors (Lipinski definition) is 4. The quantitative estimate of drug-likeness (QED) is 0.833. The number of benzene rings is 1. The Bertz CT molecular complexity index is 492. The average Bonchev–Trinajstić information content (AvgIpc) is 2.66. The molecule has 0 fully saturated rings. The van der Waals surface area contributed by atoms with Gasteiger partial charge < -0.3 is 15.5 Å². The van der Waals surface area contributed by atoms with E-state index in [2.05, 4.69) is 17.2 Å². The van der Waals surface area contributed by atoms with Crippen LogP contribution in [0.4, 0.5) is 5.69 Å². The van der Waals surface area contributed by atoms with Gasteiger partial charge in [0.15, 0.2) is 11.5 Å². The molecule has 1 atom stereocenters. The van der Waals surface area contributed by atoms with Crippen molar-refractivity contribution in [1.29, 1.82) is 0 Å². The number of fused-ring (bicyclic) bond motifs is 1. The smallest absolute Gasteiger partial charge is 0.192 e. The van der Waals surface area contributed by atoms with E-state index >= 15 is 0 Å². The number of rotatable bonds is 5. The molecule has 17 heavy (non-hydrogen) atoms. The molecule has 92 valence electrons. The van der Waals surface area contributed by atoms with Gasteiger partial charge in [0.1, 0.15) is 5.52 Å². The Morgan fingerprint density at radius 2 is 2.29 bits per heavy atom. The lowest BCUT2D eigenvalue weighted by Gasteiger charge is -2.12. The molecule has 2 rings (SSSR count). The molecule has 0 saturated heterocycles. The lowest BCUT2D eigenvalue weighted by atomic mass is 10.1. The van der Waals surface area contributed by atoms with E-state index in [9.17, 15) is 0 Å². The molecule has 1 unspecified atom stereocenters. The zero-order valence-corrected chi connectivity index (χ0v) is 10.4. The second kappa shape index (κ2) is 5.19. The standard InChI is InChI=1S/C13H19N3O/c1-9(5-6-14)8-15-11-3-4-13-12(7-11)16-10(2)17-13/h3-4,7,9,15H,5-6,8,14H2,1-2H3. The molecule has 1 heterocycles. The summed E-state index contributed by atoms with van der Waals surface area (Å²) < 4.78 is 5.43. The van der Waals surface area contributed by atoms with Crippen LogP contribution in [0.5, 0.6) is 0 Å². The Balaban J connectivity index is 2.03. The molecular weight excluding hydrogens is 214 g/mol. The van der Waals surface area contributed by atoms with E-state index in [0.29, 0.717) is 11.8 Å². The molecule has 4 heteroatoms. The zero-order valence-electron chi connectivity index (χ0n) is 10.4. The lowest BCUT2D eigenvalue weighted by Crippen LogP contribution is -2.15. The van der Waals surface area contributed by atoms with Crippen LogP contribution in [0, 0.1) is 12.8 Å². The van der Waals surface area contributed by atoms with Crippen molar-refractivity contribution in [3.8, 4) is 0 Å². The highest BCUT2D eigenvalue weighted by Crippen LogP contribution is 2.19. The van der Waals surface area contributed by atoms with Gasteiger partial charge in [-0.15, -0.1) is 0 Å². The molecular formula is C13H19N3O. The maximum atomic E-state index is 5.53. The molecule has 3 N–H and O–H groups in total. The number of nitrogens with two attached hydrogens (primary N) is 1. The van der Waals surface area contributed by atoms with E-state index in [-0.39, 0.29) is 0 Å². The van der Waals surface area contributed by atoms with Crippen LogP contribution >= 0.6 is 0 Å². The monoisotopic (exact) mass is 233 g/mol. The van der Waals surface area contributed by atoms with E-state index in [4.69, 9.17) is 10.2 Å². The molecule has 0 aliphatic heterocycles. The van der Waals surface area contributed by atoms with Gasteiger partial charge in [-0.3, -0.25) is 0 Å². The maximum absolute atomic E-state index is 5.53. The fraction of sp³-hybridized carbons (Fsp3) is 0.462. The van der Waals surface area contributed by atoms with Crippen molar-refractivity contribution in [3.05, 3.63) is 24.1 Å². The van der Waals surface area contributed by atoms with Gasteiger partial charge in [0.25, 0.3) is 0 Å². The number of nitrogens with one attached hydrogen (secondary N) is 1.